The zero-order chi connectivity index (χ0) is 13.5. The standard InChI is InChI=1S/C15H19FN2O/c1-10-5-7-15(8-6-10)9-17-12-4-2-3-11(16)13(12)18-14(15)19/h2-4,10,17H,5-9H2,1H3,(H,18,19). The van der Waals surface area contributed by atoms with Crippen molar-refractivity contribution in [1.29, 1.82) is 0 Å². The Morgan fingerprint density at radius 1 is 1.32 bits per heavy atom. The normalized spacial score (nSPS) is 30.2. The summed E-state index contributed by atoms with van der Waals surface area (Å²) in [6, 6.07) is 4.85. The predicted octanol–water partition coefficient (Wildman–Crippen LogP) is 3.39. The molecular formula is C15H19FN2O. The van der Waals surface area contributed by atoms with Gasteiger partial charge in [0.05, 0.1) is 11.1 Å². The minimum absolute atomic E-state index is 0.0317. The number of para-hydroxylation sites is 1. The summed E-state index contributed by atoms with van der Waals surface area (Å²) < 4.78 is 13.8. The molecule has 1 amide bonds. The van der Waals surface area contributed by atoms with Crippen molar-refractivity contribution in [2.24, 2.45) is 11.3 Å². The molecule has 3 nitrogen and oxygen atoms in total. The number of amides is 1. The summed E-state index contributed by atoms with van der Waals surface area (Å²) in [5.41, 5.74) is 0.602. The van der Waals surface area contributed by atoms with Gasteiger partial charge in [0.1, 0.15) is 11.5 Å². The Bertz CT molecular complexity index is 507. The van der Waals surface area contributed by atoms with E-state index in [0.29, 0.717) is 23.8 Å². The second kappa shape index (κ2) is 4.51. The van der Waals surface area contributed by atoms with E-state index in [2.05, 4.69) is 17.6 Å². The number of anilines is 2. The first-order valence-electron chi connectivity index (χ1n) is 6.95. The molecule has 2 N–H and O–H groups in total. The first-order valence-corrected chi connectivity index (χ1v) is 6.95. The fourth-order valence-electron chi connectivity index (χ4n) is 3.11. The van der Waals surface area contributed by atoms with E-state index in [0.717, 1.165) is 25.7 Å². The van der Waals surface area contributed by atoms with Crippen LogP contribution in [0.25, 0.3) is 0 Å². The van der Waals surface area contributed by atoms with Crippen LogP contribution in [0, 0.1) is 17.2 Å². The summed E-state index contributed by atoms with van der Waals surface area (Å²) in [5, 5.41) is 6.04. The molecule has 4 heteroatoms. The van der Waals surface area contributed by atoms with Crippen molar-refractivity contribution in [3.05, 3.63) is 24.0 Å². The molecule has 1 aliphatic heterocycles. The molecular weight excluding hydrogens is 243 g/mol. The van der Waals surface area contributed by atoms with Crippen molar-refractivity contribution >= 4 is 17.3 Å². The smallest absolute Gasteiger partial charge is 0.232 e. The Kier molecular flexibility index (Phi) is 2.96. The molecule has 0 atom stereocenters. The molecule has 1 heterocycles. The van der Waals surface area contributed by atoms with Gasteiger partial charge in [-0.15, -0.1) is 0 Å². The van der Waals surface area contributed by atoms with Crippen molar-refractivity contribution in [3.63, 3.8) is 0 Å². The molecule has 0 radical (unpaired) electrons. The fraction of sp³-hybridized carbons (Fsp3) is 0.533. The molecule has 0 bridgehead atoms. The minimum Gasteiger partial charge on any atom is -0.382 e. The van der Waals surface area contributed by atoms with E-state index in [1.54, 1.807) is 6.07 Å². The minimum atomic E-state index is -0.377. The third kappa shape index (κ3) is 2.09. The average molecular weight is 262 g/mol. The van der Waals surface area contributed by atoms with Crippen LogP contribution < -0.4 is 10.6 Å². The summed E-state index contributed by atoms with van der Waals surface area (Å²) in [7, 11) is 0. The van der Waals surface area contributed by atoms with E-state index in [9.17, 15) is 9.18 Å². The lowest BCUT2D eigenvalue weighted by molar-refractivity contribution is -0.127. The van der Waals surface area contributed by atoms with E-state index >= 15 is 0 Å². The van der Waals surface area contributed by atoms with E-state index < -0.39 is 0 Å². The van der Waals surface area contributed by atoms with E-state index in [1.807, 2.05) is 6.07 Å². The number of hydrogen-bond acceptors (Lipinski definition) is 2. The van der Waals surface area contributed by atoms with Crippen LogP contribution in [-0.4, -0.2) is 12.5 Å². The van der Waals surface area contributed by atoms with Gasteiger partial charge in [-0.25, -0.2) is 4.39 Å². The van der Waals surface area contributed by atoms with Crippen LogP contribution in [0.1, 0.15) is 32.6 Å². The maximum absolute atomic E-state index is 13.8. The quantitative estimate of drug-likeness (QED) is 0.752. The third-order valence-electron chi connectivity index (χ3n) is 4.58. The van der Waals surface area contributed by atoms with Gasteiger partial charge < -0.3 is 10.6 Å². The molecule has 1 aromatic carbocycles. The molecule has 0 unspecified atom stereocenters. The Morgan fingerprint density at radius 2 is 2.05 bits per heavy atom. The highest BCUT2D eigenvalue weighted by Crippen LogP contribution is 2.42. The van der Waals surface area contributed by atoms with Gasteiger partial charge in [0.15, 0.2) is 0 Å². The molecule has 2 aliphatic rings. The summed E-state index contributed by atoms with van der Waals surface area (Å²) in [6.07, 6.45) is 3.88. The van der Waals surface area contributed by atoms with E-state index in [-0.39, 0.29) is 17.1 Å². The second-order valence-electron chi connectivity index (χ2n) is 5.93. The van der Waals surface area contributed by atoms with Gasteiger partial charge in [0, 0.05) is 6.54 Å². The zero-order valence-corrected chi connectivity index (χ0v) is 11.1. The van der Waals surface area contributed by atoms with Crippen LogP contribution in [0.3, 0.4) is 0 Å². The second-order valence-corrected chi connectivity index (χ2v) is 5.93. The summed E-state index contributed by atoms with van der Waals surface area (Å²) in [6.45, 7) is 2.82. The number of fused-ring (bicyclic) bond motifs is 1. The Labute approximate surface area is 112 Å². The SMILES string of the molecule is CC1CCC2(CC1)CNc1cccc(F)c1NC2=O. The number of carbonyl (C=O) groups is 1. The molecule has 3 rings (SSSR count). The fourth-order valence-corrected chi connectivity index (χ4v) is 3.11. The molecule has 0 saturated heterocycles. The van der Waals surface area contributed by atoms with Crippen LogP contribution in [0.15, 0.2) is 18.2 Å². The average Bonchev–Trinajstić information content (AvgIpc) is 2.54. The highest BCUT2D eigenvalue weighted by molar-refractivity contribution is 6.00. The van der Waals surface area contributed by atoms with Gasteiger partial charge in [0.25, 0.3) is 0 Å². The Hall–Kier alpha value is -1.58. The first kappa shape index (κ1) is 12.5. The number of halogens is 1. The van der Waals surface area contributed by atoms with Crippen molar-refractivity contribution in [1.82, 2.24) is 0 Å². The van der Waals surface area contributed by atoms with Crippen LogP contribution >= 0.6 is 0 Å². The number of benzene rings is 1. The van der Waals surface area contributed by atoms with E-state index in [1.165, 1.54) is 6.07 Å². The van der Waals surface area contributed by atoms with Crippen LogP contribution in [0.4, 0.5) is 15.8 Å². The van der Waals surface area contributed by atoms with Gasteiger partial charge in [-0.2, -0.15) is 0 Å². The van der Waals surface area contributed by atoms with Gasteiger partial charge >= 0.3 is 0 Å². The third-order valence-corrected chi connectivity index (χ3v) is 4.58. The molecule has 1 aromatic rings. The maximum Gasteiger partial charge on any atom is 0.232 e. The summed E-state index contributed by atoms with van der Waals surface area (Å²) >= 11 is 0. The van der Waals surface area contributed by atoms with Gasteiger partial charge in [0.2, 0.25) is 5.91 Å². The van der Waals surface area contributed by atoms with E-state index in [4.69, 9.17) is 0 Å². The van der Waals surface area contributed by atoms with Crippen molar-refractivity contribution in [2.45, 2.75) is 32.6 Å². The van der Waals surface area contributed by atoms with Gasteiger partial charge in [-0.05, 0) is 43.7 Å². The zero-order valence-electron chi connectivity index (χ0n) is 11.1. The predicted molar refractivity (Wildman–Crippen MR) is 73.6 cm³/mol. The van der Waals surface area contributed by atoms with Crippen molar-refractivity contribution in [2.75, 3.05) is 17.2 Å². The summed E-state index contributed by atoms with van der Waals surface area (Å²) in [5.74, 6) is 0.274. The van der Waals surface area contributed by atoms with Crippen molar-refractivity contribution in [3.8, 4) is 0 Å². The first-order chi connectivity index (χ1) is 9.11. The number of rotatable bonds is 0. The van der Waals surface area contributed by atoms with Crippen LogP contribution in [0.5, 0.6) is 0 Å². The number of carbonyl (C=O) groups excluding carboxylic acids is 1. The monoisotopic (exact) mass is 262 g/mol. The lowest BCUT2D eigenvalue weighted by atomic mass is 9.70. The maximum atomic E-state index is 13.8. The molecule has 0 aromatic heterocycles. The van der Waals surface area contributed by atoms with Gasteiger partial charge in [-0.3, -0.25) is 4.79 Å². The molecule has 1 aliphatic carbocycles. The molecule has 102 valence electrons. The number of nitrogens with one attached hydrogen (secondary N) is 2. The number of hydrogen-bond donors (Lipinski definition) is 2. The highest BCUT2D eigenvalue weighted by Gasteiger charge is 2.42. The largest absolute Gasteiger partial charge is 0.382 e. The lowest BCUT2D eigenvalue weighted by Gasteiger charge is -2.36. The molecule has 1 fully saturated rings. The highest BCUT2D eigenvalue weighted by atomic mass is 19.1. The molecule has 1 spiro atoms. The molecule has 19 heavy (non-hydrogen) atoms. The Balaban J connectivity index is 1.90. The van der Waals surface area contributed by atoms with Crippen molar-refractivity contribution < 1.29 is 9.18 Å². The van der Waals surface area contributed by atoms with Crippen LogP contribution in [-0.2, 0) is 4.79 Å². The van der Waals surface area contributed by atoms with Gasteiger partial charge in [-0.1, -0.05) is 13.0 Å². The van der Waals surface area contributed by atoms with Crippen LogP contribution in [0.2, 0.25) is 0 Å². The summed E-state index contributed by atoms with van der Waals surface area (Å²) in [4.78, 5) is 12.5. The molecule has 1 saturated carbocycles. The lowest BCUT2D eigenvalue weighted by Crippen LogP contribution is -2.42. The Morgan fingerprint density at radius 3 is 2.79 bits per heavy atom. The topological polar surface area (TPSA) is 41.1 Å².